The van der Waals surface area contributed by atoms with Gasteiger partial charge in [-0.1, -0.05) is 12.1 Å². The number of carbonyl (C=O) groups excluding carboxylic acids is 2. The normalized spacial score (nSPS) is 13.9. The number of carbonyl (C=O) groups is 2. The Hall–Kier alpha value is -2.69. The number of Topliss-reactive ketones (excluding diaryl/α,β-unsaturated/α-hetero) is 1. The summed E-state index contributed by atoms with van der Waals surface area (Å²) >= 11 is 0. The standard InChI is InChI=1S/C18H19N3O2/c1-13(22)14-5-4-6-16(9-14)20-18(23)15-10-17(12-19-11-15)21-7-2-3-8-21/h4-6,9-12H,2-3,7-8H2,1H3,(H,20,23). The molecule has 1 aromatic heterocycles. The van der Waals surface area contributed by atoms with Crippen molar-refractivity contribution in [3.05, 3.63) is 53.9 Å². The van der Waals surface area contributed by atoms with Crippen LogP contribution in [0.1, 0.15) is 40.5 Å². The molecule has 118 valence electrons. The molecule has 5 heteroatoms. The van der Waals surface area contributed by atoms with E-state index in [9.17, 15) is 9.59 Å². The van der Waals surface area contributed by atoms with Crippen molar-refractivity contribution in [3.8, 4) is 0 Å². The number of hydrogen-bond donors (Lipinski definition) is 1. The molecule has 0 aliphatic carbocycles. The van der Waals surface area contributed by atoms with Gasteiger partial charge in [0.05, 0.1) is 17.4 Å². The van der Waals surface area contributed by atoms with Crippen molar-refractivity contribution in [2.75, 3.05) is 23.3 Å². The van der Waals surface area contributed by atoms with Gasteiger partial charge in [-0.25, -0.2) is 0 Å². The lowest BCUT2D eigenvalue weighted by Gasteiger charge is -2.17. The van der Waals surface area contributed by atoms with Crippen molar-refractivity contribution in [3.63, 3.8) is 0 Å². The molecular formula is C18H19N3O2. The number of ketones is 1. The second-order valence-electron chi connectivity index (χ2n) is 5.72. The van der Waals surface area contributed by atoms with Gasteiger partial charge in [0.2, 0.25) is 0 Å². The first-order valence-corrected chi connectivity index (χ1v) is 7.76. The highest BCUT2D eigenvalue weighted by Crippen LogP contribution is 2.20. The lowest BCUT2D eigenvalue weighted by molar-refractivity contribution is 0.101. The van der Waals surface area contributed by atoms with Crippen molar-refractivity contribution in [2.45, 2.75) is 19.8 Å². The number of anilines is 2. The van der Waals surface area contributed by atoms with Crippen molar-refractivity contribution >= 4 is 23.1 Å². The summed E-state index contributed by atoms with van der Waals surface area (Å²) in [7, 11) is 0. The molecule has 1 N–H and O–H groups in total. The molecule has 0 unspecified atom stereocenters. The Morgan fingerprint density at radius 1 is 1.09 bits per heavy atom. The van der Waals surface area contributed by atoms with Crippen LogP contribution < -0.4 is 10.2 Å². The van der Waals surface area contributed by atoms with Gasteiger partial charge in [-0.3, -0.25) is 14.6 Å². The molecule has 1 aliphatic rings. The molecule has 23 heavy (non-hydrogen) atoms. The van der Waals surface area contributed by atoms with Gasteiger partial charge in [0, 0.05) is 30.5 Å². The van der Waals surface area contributed by atoms with Gasteiger partial charge >= 0.3 is 0 Å². The minimum atomic E-state index is -0.223. The van der Waals surface area contributed by atoms with E-state index in [2.05, 4.69) is 15.2 Å². The fourth-order valence-electron chi connectivity index (χ4n) is 2.72. The first kappa shape index (κ1) is 15.2. The molecule has 0 atom stereocenters. The molecular weight excluding hydrogens is 290 g/mol. The number of aromatic nitrogens is 1. The lowest BCUT2D eigenvalue weighted by Crippen LogP contribution is -2.19. The first-order chi connectivity index (χ1) is 11.1. The molecule has 0 bridgehead atoms. The summed E-state index contributed by atoms with van der Waals surface area (Å²) in [6.45, 7) is 3.52. The van der Waals surface area contributed by atoms with Crippen LogP contribution in [0.5, 0.6) is 0 Å². The summed E-state index contributed by atoms with van der Waals surface area (Å²) in [5.74, 6) is -0.252. The molecule has 1 saturated heterocycles. The number of nitrogens with zero attached hydrogens (tertiary/aromatic N) is 2. The zero-order valence-corrected chi connectivity index (χ0v) is 13.1. The number of pyridine rings is 1. The van der Waals surface area contributed by atoms with Crippen LogP contribution >= 0.6 is 0 Å². The molecule has 2 heterocycles. The van der Waals surface area contributed by atoms with Gasteiger partial charge < -0.3 is 10.2 Å². The van der Waals surface area contributed by atoms with Crippen LogP contribution in [0, 0.1) is 0 Å². The SMILES string of the molecule is CC(=O)c1cccc(NC(=O)c2cncc(N3CCCC3)c2)c1. The Morgan fingerprint density at radius 2 is 1.87 bits per heavy atom. The summed E-state index contributed by atoms with van der Waals surface area (Å²) in [6.07, 6.45) is 5.70. The molecule has 0 radical (unpaired) electrons. The predicted molar refractivity (Wildman–Crippen MR) is 90.1 cm³/mol. The highest BCUT2D eigenvalue weighted by molar-refractivity contribution is 6.05. The van der Waals surface area contributed by atoms with Crippen LogP contribution in [-0.2, 0) is 0 Å². The van der Waals surface area contributed by atoms with E-state index in [4.69, 9.17) is 0 Å². The molecule has 2 aromatic rings. The van der Waals surface area contributed by atoms with E-state index in [0.29, 0.717) is 16.8 Å². The summed E-state index contributed by atoms with van der Waals surface area (Å²) in [4.78, 5) is 30.2. The third kappa shape index (κ3) is 3.56. The summed E-state index contributed by atoms with van der Waals surface area (Å²) < 4.78 is 0. The molecule has 0 spiro atoms. The number of amides is 1. The maximum absolute atomic E-state index is 12.4. The first-order valence-electron chi connectivity index (χ1n) is 7.76. The van der Waals surface area contributed by atoms with Crippen LogP contribution in [0.3, 0.4) is 0 Å². The molecule has 5 nitrogen and oxygen atoms in total. The van der Waals surface area contributed by atoms with Crippen LogP contribution in [-0.4, -0.2) is 29.8 Å². The summed E-state index contributed by atoms with van der Waals surface area (Å²) in [5.41, 5.74) is 2.68. The topological polar surface area (TPSA) is 62.3 Å². The molecule has 1 aromatic carbocycles. The van der Waals surface area contributed by atoms with Gasteiger partial charge in [-0.05, 0) is 38.0 Å². The molecule has 0 saturated carbocycles. The Labute approximate surface area is 135 Å². The number of rotatable bonds is 4. The van der Waals surface area contributed by atoms with Gasteiger partial charge in [-0.2, -0.15) is 0 Å². The van der Waals surface area contributed by atoms with Crippen LogP contribution in [0.15, 0.2) is 42.7 Å². The van der Waals surface area contributed by atoms with Crippen molar-refractivity contribution in [2.24, 2.45) is 0 Å². The zero-order chi connectivity index (χ0) is 16.2. The van der Waals surface area contributed by atoms with Gasteiger partial charge in [0.15, 0.2) is 5.78 Å². The van der Waals surface area contributed by atoms with Crippen LogP contribution in [0.25, 0.3) is 0 Å². The van der Waals surface area contributed by atoms with E-state index >= 15 is 0 Å². The van der Waals surface area contributed by atoms with Gasteiger partial charge in [0.1, 0.15) is 0 Å². The van der Waals surface area contributed by atoms with Crippen LogP contribution in [0.4, 0.5) is 11.4 Å². The van der Waals surface area contributed by atoms with E-state index in [-0.39, 0.29) is 11.7 Å². The minimum absolute atomic E-state index is 0.0289. The number of nitrogens with one attached hydrogen (secondary N) is 1. The predicted octanol–water partition coefficient (Wildman–Crippen LogP) is 3.14. The van der Waals surface area contributed by atoms with Crippen LogP contribution in [0.2, 0.25) is 0 Å². The lowest BCUT2D eigenvalue weighted by atomic mass is 10.1. The average molecular weight is 309 g/mol. The summed E-state index contributed by atoms with van der Waals surface area (Å²) in [5, 5.41) is 2.82. The summed E-state index contributed by atoms with van der Waals surface area (Å²) in [6, 6.07) is 8.79. The quantitative estimate of drug-likeness (QED) is 0.881. The highest BCUT2D eigenvalue weighted by atomic mass is 16.1. The molecule has 1 fully saturated rings. The highest BCUT2D eigenvalue weighted by Gasteiger charge is 2.15. The monoisotopic (exact) mass is 309 g/mol. The maximum atomic E-state index is 12.4. The fraction of sp³-hybridized carbons (Fsp3) is 0.278. The molecule has 1 aliphatic heterocycles. The third-order valence-corrected chi connectivity index (χ3v) is 3.98. The largest absolute Gasteiger partial charge is 0.370 e. The van der Waals surface area contributed by atoms with Gasteiger partial charge in [0.25, 0.3) is 5.91 Å². The maximum Gasteiger partial charge on any atom is 0.257 e. The fourth-order valence-corrected chi connectivity index (χ4v) is 2.72. The second kappa shape index (κ2) is 6.60. The third-order valence-electron chi connectivity index (χ3n) is 3.98. The van der Waals surface area contributed by atoms with E-state index in [1.54, 1.807) is 36.7 Å². The Balaban J connectivity index is 1.76. The Morgan fingerprint density at radius 3 is 2.61 bits per heavy atom. The second-order valence-corrected chi connectivity index (χ2v) is 5.72. The van der Waals surface area contributed by atoms with E-state index < -0.39 is 0 Å². The van der Waals surface area contributed by atoms with Crippen molar-refractivity contribution in [1.29, 1.82) is 0 Å². The molecule has 1 amide bonds. The smallest absolute Gasteiger partial charge is 0.257 e. The van der Waals surface area contributed by atoms with E-state index in [1.807, 2.05) is 6.07 Å². The Bertz CT molecular complexity index is 737. The number of hydrogen-bond acceptors (Lipinski definition) is 4. The van der Waals surface area contributed by atoms with Crippen molar-refractivity contribution in [1.82, 2.24) is 4.98 Å². The average Bonchev–Trinajstić information content (AvgIpc) is 3.10. The van der Waals surface area contributed by atoms with E-state index in [0.717, 1.165) is 18.8 Å². The minimum Gasteiger partial charge on any atom is -0.370 e. The van der Waals surface area contributed by atoms with Crippen molar-refractivity contribution < 1.29 is 9.59 Å². The van der Waals surface area contributed by atoms with E-state index in [1.165, 1.54) is 19.8 Å². The molecule has 3 rings (SSSR count). The zero-order valence-electron chi connectivity index (χ0n) is 13.1. The Kier molecular flexibility index (Phi) is 4.37. The van der Waals surface area contributed by atoms with Gasteiger partial charge in [-0.15, -0.1) is 0 Å². The number of benzene rings is 1.